The predicted octanol–water partition coefficient (Wildman–Crippen LogP) is 7.80. The SMILES string of the molecule is COc1ccc(/C=C2/CC(C(C)(C)C)Cc3c2nc2ccccc2c3C(=O)OCC(=O)Nc2ccc(C)cc2C)cc1. The van der Waals surface area contributed by atoms with Gasteiger partial charge in [0, 0.05) is 11.1 Å². The Balaban J connectivity index is 1.53. The Labute approximate surface area is 247 Å². The van der Waals surface area contributed by atoms with Gasteiger partial charge in [-0.05, 0) is 90.6 Å². The summed E-state index contributed by atoms with van der Waals surface area (Å²) < 4.78 is 11.0. The first-order valence-electron chi connectivity index (χ1n) is 14.3. The minimum absolute atomic E-state index is 0.00467. The highest BCUT2D eigenvalue weighted by Gasteiger charge is 2.35. The number of benzene rings is 3. The molecule has 0 radical (unpaired) electrons. The van der Waals surface area contributed by atoms with Crippen molar-refractivity contribution in [3.8, 4) is 5.75 Å². The van der Waals surface area contributed by atoms with E-state index in [1.807, 2.05) is 80.6 Å². The van der Waals surface area contributed by atoms with E-state index in [1.165, 1.54) is 0 Å². The molecule has 6 nitrogen and oxygen atoms in total. The molecule has 5 rings (SSSR count). The van der Waals surface area contributed by atoms with Crippen LogP contribution in [0, 0.1) is 25.2 Å². The van der Waals surface area contributed by atoms with Crippen molar-refractivity contribution < 1.29 is 19.1 Å². The molecule has 4 aromatic rings. The zero-order valence-electron chi connectivity index (χ0n) is 25.2. The van der Waals surface area contributed by atoms with Gasteiger partial charge in [-0.3, -0.25) is 4.79 Å². The summed E-state index contributed by atoms with van der Waals surface area (Å²) >= 11 is 0. The fourth-order valence-corrected chi connectivity index (χ4v) is 5.61. The number of fused-ring (bicyclic) bond motifs is 2. The minimum Gasteiger partial charge on any atom is -0.497 e. The van der Waals surface area contributed by atoms with Crippen molar-refractivity contribution in [2.75, 3.05) is 19.0 Å². The molecule has 1 aliphatic rings. The predicted molar refractivity (Wildman–Crippen MR) is 169 cm³/mol. The number of allylic oxidation sites excluding steroid dienone is 1. The van der Waals surface area contributed by atoms with Gasteiger partial charge >= 0.3 is 5.97 Å². The molecule has 1 aliphatic carbocycles. The second kappa shape index (κ2) is 11.8. The lowest BCUT2D eigenvalue weighted by Gasteiger charge is -2.36. The van der Waals surface area contributed by atoms with Crippen molar-refractivity contribution in [3.63, 3.8) is 0 Å². The highest BCUT2D eigenvalue weighted by atomic mass is 16.5. The number of pyridine rings is 1. The van der Waals surface area contributed by atoms with Crippen molar-refractivity contribution >= 4 is 40.1 Å². The van der Waals surface area contributed by atoms with Crippen LogP contribution in [0.25, 0.3) is 22.6 Å². The van der Waals surface area contributed by atoms with Crippen molar-refractivity contribution in [3.05, 3.63) is 100 Å². The van der Waals surface area contributed by atoms with Crippen molar-refractivity contribution in [1.29, 1.82) is 0 Å². The molecular weight excluding hydrogens is 524 g/mol. The summed E-state index contributed by atoms with van der Waals surface area (Å²) in [6.45, 7) is 10.3. The molecule has 0 saturated carbocycles. The zero-order valence-corrected chi connectivity index (χ0v) is 25.2. The maximum absolute atomic E-state index is 13.8. The van der Waals surface area contributed by atoms with E-state index in [-0.39, 0.29) is 23.8 Å². The number of rotatable bonds is 6. The van der Waals surface area contributed by atoms with Crippen molar-refractivity contribution in [2.24, 2.45) is 11.3 Å². The number of hydrogen-bond acceptors (Lipinski definition) is 5. The number of anilines is 1. The second-order valence-corrected chi connectivity index (χ2v) is 12.2. The molecule has 6 heteroatoms. The number of amides is 1. The van der Waals surface area contributed by atoms with Crippen LogP contribution in [0.4, 0.5) is 5.69 Å². The first-order chi connectivity index (χ1) is 20.0. The van der Waals surface area contributed by atoms with Gasteiger partial charge in [-0.2, -0.15) is 0 Å². The Morgan fingerprint density at radius 1 is 1.00 bits per heavy atom. The average Bonchev–Trinajstić information content (AvgIpc) is 2.96. The number of esters is 1. The van der Waals surface area contributed by atoms with Crippen LogP contribution >= 0.6 is 0 Å². The third-order valence-electron chi connectivity index (χ3n) is 8.09. The Morgan fingerprint density at radius 3 is 2.43 bits per heavy atom. The molecule has 0 bridgehead atoms. The molecule has 3 aromatic carbocycles. The molecule has 216 valence electrons. The maximum Gasteiger partial charge on any atom is 0.339 e. The molecule has 1 unspecified atom stereocenters. The Kier molecular flexibility index (Phi) is 8.17. The van der Waals surface area contributed by atoms with Gasteiger partial charge in [-0.15, -0.1) is 0 Å². The van der Waals surface area contributed by atoms with Gasteiger partial charge < -0.3 is 14.8 Å². The van der Waals surface area contributed by atoms with Crippen molar-refractivity contribution in [1.82, 2.24) is 4.98 Å². The number of ether oxygens (including phenoxy) is 2. The normalized spacial score (nSPS) is 15.8. The second-order valence-electron chi connectivity index (χ2n) is 12.2. The van der Waals surface area contributed by atoms with Crippen LogP contribution in [-0.4, -0.2) is 30.6 Å². The number of para-hydroxylation sites is 1. The van der Waals surface area contributed by atoms with Crippen molar-refractivity contribution in [2.45, 2.75) is 47.5 Å². The smallest absolute Gasteiger partial charge is 0.339 e. The van der Waals surface area contributed by atoms with Crippen LogP contribution in [0.2, 0.25) is 0 Å². The number of aromatic nitrogens is 1. The lowest BCUT2D eigenvalue weighted by molar-refractivity contribution is -0.119. The van der Waals surface area contributed by atoms with E-state index in [4.69, 9.17) is 14.5 Å². The Hall–Kier alpha value is -4.45. The highest BCUT2D eigenvalue weighted by Crippen LogP contribution is 2.45. The Morgan fingerprint density at radius 2 is 1.74 bits per heavy atom. The number of carbonyl (C=O) groups excluding carboxylic acids is 2. The molecule has 0 spiro atoms. The minimum atomic E-state index is -0.515. The van der Waals surface area contributed by atoms with E-state index in [0.717, 1.165) is 56.6 Å². The standard InChI is InChI=1S/C36H38N2O4/c1-22-11-16-30(23(2)17-22)37-32(39)21-42-35(40)33-28-9-7-8-10-31(28)38-34-25(18-24-12-14-27(41-6)15-13-24)19-26(20-29(33)34)36(3,4)5/h7-18,26H,19-21H2,1-6H3,(H,37,39)/b25-18-. The molecule has 0 fully saturated rings. The van der Waals surface area contributed by atoms with E-state index in [9.17, 15) is 9.59 Å². The fraction of sp³-hybridized carbons (Fsp3) is 0.306. The average molecular weight is 563 g/mol. The fourth-order valence-electron chi connectivity index (χ4n) is 5.61. The molecule has 1 heterocycles. The molecule has 1 aromatic heterocycles. The third-order valence-corrected chi connectivity index (χ3v) is 8.09. The van der Waals surface area contributed by atoms with Crippen LogP contribution in [0.1, 0.15) is 65.5 Å². The molecule has 42 heavy (non-hydrogen) atoms. The van der Waals surface area contributed by atoms with Gasteiger partial charge in [-0.1, -0.05) is 68.8 Å². The largest absolute Gasteiger partial charge is 0.497 e. The van der Waals surface area contributed by atoms with Gasteiger partial charge in [0.05, 0.1) is 23.9 Å². The van der Waals surface area contributed by atoms with Crippen LogP contribution in [0.15, 0.2) is 66.7 Å². The van der Waals surface area contributed by atoms with E-state index in [1.54, 1.807) is 7.11 Å². The topological polar surface area (TPSA) is 77.5 Å². The zero-order chi connectivity index (χ0) is 30.0. The molecule has 1 amide bonds. The summed E-state index contributed by atoms with van der Waals surface area (Å²) in [4.78, 5) is 31.7. The summed E-state index contributed by atoms with van der Waals surface area (Å²) in [5, 5.41) is 3.60. The summed E-state index contributed by atoms with van der Waals surface area (Å²) in [7, 11) is 1.65. The summed E-state index contributed by atoms with van der Waals surface area (Å²) in [5.74, 6) is 0.176. The third kappa shape index (κ3) is 6.23. The number of hydrogen-bond donors (Lipinski definition) is 1. The molecule has 1 N–H and O–H groups in total. The van der Waals surface area contributed by atoms with Crippen LogP contribution < -0.4 is 10.1 Å². The summed E-state index contributed by atoms with van der Waals surface area (Å²) in [6, 6.07) is 21.4. The van der Waals surface area contributed by atoms with E-state index >= 15 is 0 Å². The van der Waals surface area contributed by atoms with E-state index < -0.39 is 5.97 Å². The van der Waals surface area contributed by atoms with E-state index in [0.29, 0.717) is 17.7 Å². The maximum atomic E-state index is 13.8. The molecule has 0 aliphatic heterocycles. The highest BCUT2D eigenvalue weighted by molar-refractivity contribution is 6.07. The first-order valence-corrected chi connectivity index (χ1v) is 14.3. The number of carbonyl (C=O) groups is 2. The van der Waals surface area contributed by atoms with E-state index in [2.05, 4.69) is 32.2 Å². The molecular formula is C36H38N2O4. The Bertz CT molecular complexity index is 1680. The van der Waals surface area contributed by atoms with Gasteiger partial charge in [-0.25, -0.2) is 9.78 Å². The van der Waals surface area contributed by atoms with Crippen LogP contribution in [0.5, 0.6) is 5.75 Å². The number of nitrogens with zero attached hydrogens (tertiary/aromatic N) is 1. The molecule has 0 saturated heterocycles. The first kappa shape index (κ1) is 29.1. The number of nitrogens with one attached hydrogen (secondary N) is 1. The van der Waals surface area contributed by atoms with Gasteiger partial charge in [0.2, 0.25) is 0 Å². The lowest BCUT2D eigenvalue weighted by Crippen LogP contribution is -2.29. The quantitative estimate of drug-likeness (QED) is 0.243. The van der Waals surface area contributed by atoms with Gasteiger partial charge in [0.15, 0.2) is 6.61 Å². The monoisotopic (exact) mass is 562 g/mol. The lowest BCUT2D eigenvalue weighted by atomic mass is 9.69. The summed E-state index contributed by atoms with van der Waals surface area (Å²) in [5.41, 5.74) is 7.78. The van der Waals surface area contributed by atoms with Crippen LogP contribution in [-0.2, 0) is 16.0 Å². The number of methoxy groups -OCH3 is 1. The van der Waals surface area contributed by atoms with Gasteiger partial charge in [0.1, 0.15) is 5.75 Å². The van der Waals surface area contributed by atoms with Crippen LogP contribution in [0.3, 0.4) is 0 Å². The number of aryl methyl sites for hydroxylation is 2. The molecule has 1 atom stereocenters. The van der Waals surface area contributed by atoms with Gasteiger partial charge in [0.25, 0.3) is 5.91 Å². The summed E-state index contributed by atoms with van der Waals surface area (Å²) in [6.07, 6.45) is 3.68.